The first-order valence-corrected chi connectivity index (χ1v) is 7.16. The van der Waals surface area contributed by atoms with E-state index in [9.17, 15) is 5.11 Å². The number of thiazole rings is 1. The van der Waals surface area contributed by atoms with E-state index >= 15 is 0 Å². The lowest BCUT2D eigenvalue weighted by molar-refractivity contribution is 0.0908. The van der Waals surface area contributed by atoms with Crippen LogP contribution < -0.4 is 5.32 Å². The zero-order valence-electron chi connectivity index (χ0n) is 10.7. The zero-order chi connectivity index (χ0) is 13.2. The number of phenols is 1. The van der Waals surface area contributed by atoms with E-state index in [1.807, 2.05) is 12.1 Å². The van der Waals surface area contributed by atoms with Crippen molar-refractivity contribution >= 4 is 22.2 Å². The third kappa shape index (κ3) is 2.57. The number of fused-ring (bicyclic) bond motifs is 1. The highest BCUT2D eigenvalue weighted by molar-refractivity contribution is 7.15. The molecule has 1 aromatic heterocycles. The smallest absolute Gasteiger partial charge is 0.187 e. The molecule has 1 aliphatic carbocycles. The summed E-state index contributed by atoms with van der Waals surface area (Å²) < 4.78 is 5.51. The monoisotopic (exact) mass is 276 g/mol. The number of hydrogen-bond acceptors (Lipinski definition) is 5. The number of aryl methyl sites for hydroxylation is 1. The van der Waals surface area contributed by atoms with Crippen molar-refractivity contribution in [1.29, 1.82) is 0 Å². The Morgan fingerprint density at radius 3 is 2.89 bits per heavy atom. The molecular weight excluding hydrogens is 260 g/mol. The average molecular weight is 276 g/mol. The van der Waals surface area contributed by atoms with Gasteiger partial charge < -0.3 is 15.2 Å². The molecule has 2 aromatic rings. The Morgan fingerprint density at radius 1 is 1.37 bits per heavy atom. The van der Waals surface area contributed by atoms with Crippen molar-refractivity contribution in [3.63, 3.8) is 0 Å². The minimum atomic E-state index is 0.191. The van der Waals surface area contributed by atoms with Crippen LogP contribution in [0.4, 0.5) is 10.8 Å². The van der Waals surface area contributed by atoms with Crippen LogP contribution in [0, 0.1) is 0 Å². The highest BCUT2D eigenvalue weighted by Gasteiger charge is 2.24. The molecule has 3 rings (SSSR count). The van der Waals surface area contributed by atoms with E-state index in [1.165, 1.54) is 4.88 Å². The number of aromatic hydroxyl groups is 1. The first-order chi connectivity index (χ1) is 9.26. The van der Waals surface area contributed by atoms with E-state index in [1.54, 1.807) is 30.6 Å². The number of nitrogens with zero attached hydrogens (tertiary/aromatic N) is 1. The summed E-state index contributed by atoms with van der Waals surface area (Å²) in [6, 6.07) is 6.99. The van der Waals surface area contributed by atoms with Crippen molar-refractivity contribution in [1.82, 2.24) is 4.98 Å². The molecule has 1 aromatic carbocycles. The largest absolute Gasteiger partial charge is 0.508 e. The van der Waals surface area contributed by atoms with Gasteiger partial charge in [0.15, 0.2) is 5.13 Å². The maximum atomic E-state index is 9.26. The summed E-state index contributed by atoms with van der Waals surface area (Å²) in [5.41, 5.74) is 2.09. The van der Waals surface area contributed by atoms with Crippen LogP contribution in [-0.4, -0.2) is 17.2 Å². The molecule has 1 atom stereocenters. The molecule has 0 aliphatic heterocycles. The van der Waals surface area contributed by atoms with Crippen LogP contribution in [-0.2, 0) is 11.2 Å². The van der Waals surface area contributed by atoms with E-state index in [-0.39, 0.29) is 11.9 Å². The number of anilines is 2. The highest BCUT2D eigenvalue weighted by Crippen LogP contribution is 2.38. The topological polar surface area (TPSA) is 54.4 Å². The first kappa shape index (κ1) is 12.4. The van der Waals surface area contributed by atoms with Crippen LogP contribution >= 0.6 is 11.3 Å². The Hall–Kier alpha value is -1.59. The molecule has 0 saturated carbocycles. The molecule has 0 bridgehead atoms. The number of hydrogen-bond donors (Lipinski definition) is 2. The summed E-state index contributed by atoms with van der Waals surface area (Å²) in [7, 11) is 1.76. The van der Waals surface area contributed by atoms with E-state index in [4.69, 9.17) is 4.74 Å². The van der Waals surface area contributed by atoms with Crippen molar-refractivity contribution < 1.29 is 9.84 Å². The van der Waals surface area contributed by atoms with Gasteiger partial charge in [-0.25, -0.2) is 4.98 Å². The van der Waals surface area contributed by atoms with Crippen LogP contribution in [0.1, 0.15) is 29.5 Å². The van der Waals surface area contributed by atoms with Crippen LogP contribution in [0.2, 0.25) is 0 Å². The second kappa shape index (κ2) is 5.19. The fourth-order valence-corrected chi connectivity index (χ4v) is 3.47. The fraction of sp³-hybridized carbons (Fsp3) is 0.357. The fourth-order valence-electron chi connectivity index (χ4n) is 2.33. The van der Waals surface area contributed by atoms with Crippen molar-refractivity contribution in [2.45, 2.75) is 25.4 Å². The van der Waals surface area contributed by atoms with Gasteiger partial charge in [-0.05, 0) is 43.5 Å². The summed E-state index contributed by atoms with van der Waals surface area (Å²) in [6.07, 6.45) is 3.43. The molecule has 19 heavy (non-hydrogen) atoms. The van der Waals surface area contributed by atoms with Crippen molar-refractivity contribution in [3.8, 4) is 5.75 Å². The third-order valence-corrected chi connectivity index (χ3v) is 4.41. The number of benzene rings is 1. The number of aromatic nitrogens is 1. The Bertz CT molecular complexity index is 565. The SMILES string of the molecule is COC1CCCc2nc(Nc3ccc(O)cc3)sc21. The van der Waals surface area contributed by atoms with E-state index < -0.39 is 0 Å². The molecular formula is C14H16N2O2S. The molecule has 1 aliphatic rings. The van der Waals surface area contributed by atoms with E-state index in [0.29, 0.717) is 0 Å². The molecule has 0 spiro atoms. The van der Waals surface area contributed by atoms with Crippen LogP contribution in [0.3, 0.4) is 0 Å². The lowest BCUT2D eigenvalue weighted by Gasteiger charge is -2.18. The molecule has 0 saturated heterocycles. The Balaban J connectivity index is 1.82. The minimum Gasteiger partial charge on any atom is -0.508 e. The zero-order valence-corrected chi connectivity index (χ0v) is 11.5. The van der Waals surface area contributed by atoms with Gasteiger partial charge in [-0.1, -0.05) is 11.3 Å². The second-order valence-electron chi connectivity index (χ2n) is 4.62. The molecule has 0 radical (unpaired) electrons. The van der Waals surface area contributed by atoms with Crippen molar-refractivity contribution in [3.05, 3.63) is 34.8 Å². The van der Waals surface area contributed by atoms with Gasteiger partial charge in [0.05, 0.1) is 16.7 Å². The van der Waals surface area contributed by atoms with Crippen LogP contribution in [0.15, 0.2) is 24.3 Å². The van der Waals surface area contributed by atoms with Gasteiger partial charge in [0.1, 0.15) is 5.75 Å². The Morgan fingerprint density at radius 2 is 2.16 bits per heavy atom. The number of methoxy groups -OCH3 is 1. The average Bonchev–Trinajstić information content (AvgIpc) is 2.83. The maximum Gasteiger partial charge on any atom is 0.187 e. The number of nitrogens with one attached hydrogen (secondary N) is 1. The molecule has 4 nitrogen and oxygen atoms in total. The molecule has 1 heterocycles. The van der Waals surface area contributed by atoms with Crippen molar-refractivity contribution in [2.24, 2.45) is 0 Å². The normalized spacial score (nSPS) is 18.1. The molecule has 0 fully saturated rings. The quantitative estimate of drug-likeness (QED) is 0.841. The first-order valence-electron chi connectivity index (χ1n) is 6.34. The standard InChI is InChI=1S/C14H16N2O2S/c1-18-12-4-2-3-11-13(12)19-14(16-11)15-9-5-7-10(17)8-6-9/h5-8,12,17H,2-4H2,1H3,(H,15,16). The number of phenolic OH excluding ortho intramolecular Hbond substituents is 1. The summed E-state index contributed by atoms with van der Waals surface area (Å²) in [5, 5.41) is 13.4. The third-order valence-electron chi connectivity index (χ3n) is 3.30. The highest BCUT2D eigenvalue weighted by atomic mass is 32.1. The van der Waals surface area contributed by atoms with Crippen LogP contribution in [0.5, 0.6) is 5.75 Å². The van der Waals surface area contributed by atoms with Crippen molar-refractivity contribution in [2.75, 3.05) is 12.4 Å². The molecule has 100 valence electrons. The number of rotatable bonds is 3. The molecule has 5 heteroatoms. The van der Waals surface area contributed by atoms with Gasteiger partial charge >= 0.3 is 0 Å². The maximum absolute atomic E-state index is 9.26. The molecule has 0 amide bonds. The summed E-state index contributed by atoms with van der Waals surface area (Å²) >= 11 is 1.66. The Kier molecular flexibility index (Phi) is 3.40. The molecule has 2 N–H and O–H groups in total. The van der Waals surface area contributed by atoms with E-state index in [2.05, 4.69) is 10.3 Å². The van der Waals surface area contributed by atoms with Gasteiger partial charge in [0, 0.05) is 12.8 Å². The van der Waals surface area contributed by atoms with Gasteiger partial charge in [-0.3, -0.25) is 0 Å². The molecule has 1 unspecified atom stereocenters. The summed E-state index contributed by atoms with van der Waals surface area (Å²) in [4.78, 5) is 5.88. The van der Waals surface area contributed by atoms with Crippen LogP contribution in [0.25, 0.3) is 0 Å². The summed E-state index contributed by atoms with van der Waals surface area (Å²) in [6.45, 7) is 0. The summed E-state index contributed by atoms with van der Waals surface area (Å²) in [5.74, 6) is 0.267. The van der Waals surface area contributed by atoms with Gasteiger partial charge in [-0.2, -0.15) is 0 Å². The number of ether oxygens (including phenoxy) is 1. The lowest BCUT2D eigenvalue weighted by atomic mass is 10.0. The van der Waals surface area contributed by atoms with E-state index in [0.717, 1.165) is 35.8 Å². The Labute approximate surface area is 116 Å². The second-order valence-corrected chi connectivity index (χ2v) is 5.65. The van der Waals surface area contributed by atoms with Gasteiger partial charge in [0.25, 0.3) is 0 Å². The lowest BCUT2D eigenvalue weighted by Crippen LogP contribution is -2.08. The van der Waals surface area contributed by atoms with Gasteiger partial charge in [-0.15, -0.1) is 0 Å². The minimum absolute atomic E-state index is 0.191. The van der Waals surface area contributed by atoms with Gasteiger partial charge in [0.2, 0.25) is 0 Å². The predicted molar refractivity (Wildman–Crippen MR) is 76.2 cm³/mol. The predicted octanol–water partition coefficient (Wildman–Crippen LogP) is 3.62.